The normalized spacial score (nSPS) is 20.5. The SMILES string of the molecule is C.Cc1ccc(N(c2ccc(B3OC(C)(C)C(C)(C)O3)cc2)c2ccc(B3OC(C)(C)C(C)(C)O3)cc2)cc1. The highest BCUT2D eigenvalue weighted by Gasteiger charge is 2.52. The van der Waals surface area contributed by atoms with E-state index in [9.17, 15) is 0 Å². The summed E-state index contributed by atoms with van der Waals surface area (Å²) in [5.41, 5.74) is 4.94. The molecule has 0 saturated carbocycles. The standard InChI is InChI=1S/C31H39B2NO4.CH4/c1-22-10-16-25(17-11-22)34(26-18-12-23(13-19-26)32-35-28(2,3)29(4,5)36-32)27-20-14-24(15-21-27)33-37-30(6,7)31(8,9)38-33;/h10-21H,1-9H3;1H4. The molecule has 7 heteroatoms. The van der Waals surface area contributed by atoms with E-state index in [2.05, 4.69) is 140 Å². The van der Waals surface area contributed by atoms with Gasteiger partial charge >= 0.3 is 14.2 Å². The topological polar surface area (TPSA) is 40.2 Å². The largest absolute Gasteiger partial charge is 0.494 e. The lowest BCUT2D eigenvalue weighted by atomic mass is 9.79. The van der Waals surface area contributed by atoms with Gasteiger partial charge in [0.1, 0.15) is 0 Å². The first-order chi connectivity index (χ1) is 17.7. The van der Waals surface area contributed by atoms with Crippen LogP contribution in [0.25, 0.3) is 0 Å². The number of nitrogens with zero attached hydrogens (tertiary/aromatic N) is 1. The van der Waals surface area contributed by atoms with E-state index in [1.54, 1.807) is 0 Å². The highest BCUT2D eigenvalue weighted by Crippen LogP contribution is 2.39. The fourth-order valence-electron chi connectivity index (χ4n) is 4.66. The molecule has 0 radical (unpaired) electrons. The molecule has 0 spiro atoms. The molecule has 2 saturated heterocycles. The Hall–Kier alpha value is -2.57. The molecule has 0 aliphatic carbocycles. The lowest BCUT2D eigenvalue weighted by Crippen LogP contribution is -2.41. The average molecular weight is 527 g/mol. The number of benzene rings is 3. The van der Waals surface area contributed by atoms with Crippen LogP contribution in [0.15, 0.2) is 72.8 Å². The number of rotatable bonds is 5. The zero-order valence-corrected chi connectivity index (χ0v) is 24.2. The molecule has 0 amide bonds. The first-order valence-corrected chi connectivity index (χ1v) is 13.5. The van der Waals surface area contributed by atoms with Crippen molar-refractivity contribution in [3.8, 4) is 0 Å². The van der Waals surface area contributed by atoms with Crippen molar-refractivity contribution >= 4 is 42.2 Å². The van der Waals surface area contributed by atoms with Crippen molar-refractivity contribution < 1.29 is 18.6 Å². The lowest BCUT2D eigenvalue weighted by Gasteiger charge is -2.32. The van der Waals surface area contributed by atoms with Gasteiger partial charge in [-0.1, -0.05) is 49.4 Å². The van der Waals surface area contributed by atoms with Crippen molar-refractivity contribution in [1.82, 2.24) is 0 Å². The van der Waals surface area contributed by atoms with Crippen LogP contribution >= 0.6 is 0 Å². The van der Waals surface area contributed by atoms with Gasteiger partial charge in [-0.3, -0.25) is 0 Å². The van der Waals surface area contributed by atoms with E-state index in [-0.39, 0.29) is 44.1 Å². The zero-order valence-electron chi connectivity index (χ0n) is 24.2. The predicted molar refractivity (Wildman–Crippen MR) is 164 cm³/mol. The zero-order chi connectivity index (χ0) is 27.5. The minimum Gasteiger partial charge on any atom is -0.399 e. The molecule has 3 aromatic carbocycles. The van der Waals surface area contributed by atoms with Gasteiger partial charge in [-0.2, -0.15) is 0 Å². The van der Waals surface area contributed by atoms with Crippen LogP contribution in [0, 0.1) is 6.92 Å². The fraction of sp³-hybridized carbons (Fsp3) is 0.438. The van der Waals surface area contributed by atoms with Gasteiger partial charge in [-0.15, -0.1) is 0 Å². The van der Waals surface area contributed by atoms with Crippen LogP contribution in [0.2, 0.25) is 0 Å². The Kier molecular flexibility index (Phi) is 7.63. The molecule has 2 heterocycles. The van der Waals surface area contributed by atoms with Gasteiger partial charge < -0.3 is 23.5 Å². The molecule has 39 heavy (non-hydrogen) atoms. The predicted octanol–water partition coefficient (Wildman–Crippen LogP) is 6.70. The van der Waals surface area contributed by atoms with Crippen LogP contribution in [0.4, 0.5) is 17.1 Å². The Morgan fingerprint density at radius 2 is 0.718 bits per heavy atom. The van der Waals surface area contributed by atoms with Crippen molar-refractivity contribution in [2.24, 2.45) is 0 Å². The fourth-order valence-corrected chi connectivity index (χ4v) is 4.66. The van der Waals surface area contributed by atoms with Crippen LogP contribution in [-0.4, -0.2) is 36.6 Å². The minimum absolute atomic E-state index is 0. The van der Waals surface area contributed by atoms with E-state index in [0.717, 1.165) is 28.0 Å². The molecule has 5 rings (SSSR count). The Morgan fingerprint density at radius 1 is 0.462 bits per heavy atom. The molecule has 206 valence electrons. The van der Waals surface area contributed by atoms with E-state index in [0.29, 0.717) is 0 Å². The Labute approximate surface area is 236 Å². The summed E-state index contributed by atoms with van der Waals surface area (Å²) >= 11 is 0. The van der Waals surface area contributed by atoms with Crippen LogP contribution in [0.1, 0.15) is 68.4 Å². The summed E-state index contributed by atoms with van der Waals surface area (Å²) in [6.07, 6.45) is 0. The summed E-state index contributed by atoms with van der Waals surface area (Å²) in [7, 11) is -0.776. The third kappa shape index (κ3) is 5.43. The lowest BCUT2D eigenvalue weighted by molar-refractivity contribution is 0.00578. The van der Waals surface area contributed by atoms with Gasteiger partial charge in [0.2, 0.25) is 0 Å². The van der Waals surface area contributed by atoms with Crippen molar-refractivity contribution in [2.45, 2.75) is 92.1 Å². The summed E-state index contributed by atoms with van der Waals surface area (Å²) in [6, 6.07) is 25.5. The second-order valence-corrected chi connectivity index (χ2v) is 12.5. The quantitative estimate of drug-likeness (QED) is 0.346. The maximum Gasteiger partial charge on any atom is 0.494 e. The van der Waals surface area contributed by atoms with E-state index in [1.165, 1.54) is 5.56 Å². The van der Waals surface area contributed by atoms with Gasteiger partial charge in [0.05, 0.1) is 22.4 Å². The summed E-state index contributed by atoms with van der Waals surface area (Å²) in [4.78, 5) is 2.25. The molecule has 2 aliphatic rings. The van der Waals surface area contributed by atoms with Crippen LogP contribution in [0.3, 0.4) is 0 Å². The van der Waals surface area contributed by atoms with Crippen LogP contribution in [-0.2, 0) is 18.6 Å². The summed E-state index contributed by atoms with van der Waals surface area (Å²) < 4.78 is 25.1. The maximum atomic E-state index is 6.26. The molecule has 0 unspecified atom stereocenters. The number of aryl methyl sites for hydroxylation is 1. The highest BCUT2D eigenvalue weighted by atomic mass is 16.7. The van der Waals surface area contributed by atoms with Crippen molar-refractivity contribution in [2.75, 3.05) is 4.90 Å². The third-order valence-electron chi connectivity index (χ3n) is 8.65. The Balaban J connectivity index is 0.00000353. The average Bonchev–Trinajstić information content (AvgIpc) is 3.21. The molecular formula is C32H43B2NO4. The second kappa shape index (κ2) is 10.1. The molecule has 5 nitrogen and oxygen atoms in total. The first-order valence-electron chi connectivity index (χ1n) is 13.5. The molecule has 2 aliphatic heterocycles. The second-order valence-electron chi connectivity index (χ2n) is 12.5. The summed E-state index contributed by atoms with van der Waals surface area (Å²) in [5, 5.41) is 0. The molecule has 0 atom stereocenters. The molecule has 2 fully saturated rings. The third-order valence-corrected chi connectivity index (χ3v) is 8.65. The van der Waals surface area contributed by atoms with E-state index in [1.807, 2.05) is 0 Å². The van der Waals surface area contributed by atoms with Crippen LogP contribution in [0.5, 0.6) is 0 Å². The molecule has 3 aromatic rings. The van der Waals surface area contributed by atoms with Crippen molar-refractivity contribution in [3.05, 3.63) is 78.4 Å². The maximum absolute atomic E-state index is 6.26. The van der Waals surface area contributed by atoms with Gasteiger partial charge in [0.15, 0.2) is 0 Å². The van der Waals surface area contributed by atoms with E-state index in [4.69, 9.17) is 18.6 Å². The van der Waals surface area contributed by atoms with Crippen molar-refractivity contribution in [3.63, 3.8) is 0 Å². The Bertz CT molecular complexity index is 1170. The highest BCUT2D eigenvalue weighted by molar-refractivity contribution is 6.62. The molecule has 0 aromatic heterocycles. The summed E-state index contributed by atoms with van der Waals surface area (Å²) in [5.74, 6) is 0. The monoisotopic (exact) mass is 527 g/mol. The minimum atomic E-state index is -0.388. The Morgan fingerprint density at radius 3 is 1.00 bits per heavy atom. The van der Waals surface area contributed by atoms with Crippen molar-refractivity contribution in [1.29, 1.82) is 0 Å². The number of anilines is 3. The van der Waals surface area contributed by atoms with Gasteiger partial charge in [-0.05, 0) is 110 Å². The van der Waals surface area contributed by atoms with E-state index < -0.39 is 0 Å². The van der Waals surface area contributed by atoms with Gasteiger partial charge in [-0.25, -0.2) is 0 Å². The first kappa shape index (κ1) is 29.4. The molecule has 0 bridgehead atoms. The molecular weight excluding hydrogens is 484 g/mol. The van der Waals surface area contributed by atoms with Gasteiger partial charge in [0.25, 0.3) is 0 Å². The van der Waals surface area contributed by atoms with E-state index >= 15 is 0 Å². The summed E-state index contributed by atoms with van der Waals surface area (Å²) in [6.45, 7) is 18.7. The number of hydrogen-bond acceptors (Lipinski definition) is 5. The smallest absolute Gasteiger partial charge is 0.399 e. The number of hydrogen-bond donors (Lipinski definition) is 0. The van der Waals surface area contributed by atoms with Gasteiger partial charge in [0, 0.05) is 17.1 Å². The molecule has 0 N–H and O–H groups in total. The van der Waals surface area contributed by atoms with Crippen LogP contribution < -0.4 is 15.8 Å².